The van der Waals surface area contributed by atoms with Crippen molar-refractivity contribution < 1.29 is 0 Å². The fraction of sp³-hybridized carbons (Fsp3) is 0.235. The third kappa shape index (κ3) is 2.24. The molecule has 0 atom stereocenters. The van der Waals surface area contributed by atoms with Gasteiger partial charge in [0.25, 0.3) is 0 Å². The Bertz CT molecular complexity index is 985. The Morgan fingerprint density at radius 1 is 1.22 bits per heavy atom. The second-order valence-corrected chi connectivity index (χ2v) is 7.75. The summed E-state index contributed by atoms with van der Waals surface area (Å²) in [4.78, 5) is 16.3. The molecule has 0 saturated carbocycles. The van der Waals surface area contributed by atoms with E-state index >= 15 is 0 Å². The Morgan fingerprint density at radius 3 is 3.17 bits per heavy atom. The average Bonchev–Trinajstić information content (AvgIpc) is 3.25. The third-order valence-corrected chi connectivity index (χ3v) is 6.46. The highest BCUT2D eigenvalue weighted by Gasteiger charge is 2.21. The van der Waals surface area contributed by atoms with Crippen LogP contribution in [0.4, 0.5) is 0 Å². The van der Waals surface area contributed by atoms with Crippen LogP contribution < -0.4 is 0 Å². The van der Waals surface area contributed by atoms with E-state index in [1.807, 2.05) is 35.7 Å². The van der Waals surface area contributed by atoms with E-state index in [4.69, 9.17) is 0 Å². The molecule has 4 nitrogen and oxygen atoms in total. The molecule has 114 valence electrons. The molecule has 4 aromatic heterocycles. The summed E-state index contributed by atoms with van der Waals surface area (Å²) in [6, 6.07) is 6.07. The number of hydrogen-bond donors (Lipinski definition) is 0. The lowest BCUT2D eigenvalue weighted by Gasteiger charge is -2.02. The maximum atomic E-state index is 4.67. The lowest BCUT2D eigenvalue weighted by atomic mass is 10.2. The summed E-state index contributed by atoms with van der Waals surface area (Å²) in [6.45, 7) is 0. The van der Waals surface area contributed by atoms with E-state index < -0.39 is 0 Å². The topological polar surface area (TPSA) is 43.1 Å². The molecular weight excluding hydrogens is 324 g/mol. The van der Waals surface area contributed by atoms with Crippen molar-refractivity contribution in [3.63, 3.8) is 0 Å². The van der Waals surface area contributed by atoms with Gasteiger partial charge in [0.2, 0.25) is 0 Å². The zero-order valence-electron chi connectivity index (χ0n) is 12.4. The Morgan fingerprint density at radius 2 is 2.22 bits per heavy atom. The fourth-order valence-electron chi connectivity index (χ4n) is 3.21. The summed E-state index contributed by atoms with van der Waals surface area (Å²) in [5, 5.41) is 2.39. The molecule has 23 heavy (non-hydrogen) atoms. The summed E-state index contributed by atoms with van der Waals surface area (Å²) in [5.41, 5.74) is 3.57. The number of aromatic nitrogens is 4. The highest BCUT2D eigenvalue weighted by atomic mass is 32.2. The van der Waals surface area contributed by atoms with Crippen molar-refractivity contribution >= 4 is 39.0 Å². The predicted octanol–water partition coefficient (Wildman–Crippen LogP) is 4.12. The average molecular weight is 338 g/mol. The molecule has 0 amide bonds. The number of nitrogens with zero attached hydrogens (tertiary/aromatic N) is 4. The van der Waals surface area contributed by atoms with Gasteiger partial charge in [-0.15, -0.1) is 11.3 Å². The van der Waals surface area contributed by atoms with Crippen molar-refractivity contribution in [1.82, 2.24) is 19.4 Å². The van der Waals surface area contributed by atoms with E-state index in [0.29, 0.717) is 0 Å². The summed E-state index contributed by atoms with van der Waals surface area (Å²) >= 11 is 3.61. The van der Waals surface area contributed by atoms with E-state index in [1.54, 1.807) is 18.1 Å². The molecule has 4 heterocycles. The van der Waals surface area contributed by atoms with Crippen LogP contribution in [0.15, 0.2) is 41.9 Å². The molecule has 5 rings (SSSR count). The van der Waals surface area contributed by atoms with E-state index in [1.165, 1.54) is 35.1 Å². The monoisotopic (exact) mass is 338 g/mol. The highest BCUT2D eigenvalue weighted by molar-refractivity contribution is 7.98. The summed E-state index contributed by atoms with van der Waals surface area (Å²) < 4.78 is 2.06. The Kier molecular flexibility index (Phi) is 3.12. The van der Waals surface area contributed by atoms with E-state index in [-0.39, 0.29) is 0 Å². The minimum atomic E-state index is 0.832. The van der Waals surface area contributed by atoms with Crippen molar-refractivity contribution in [3.8, 4) is 0 Å². The molecular formula is C17H14N4S2. The van der Waals surface area contributed by atoms with Crippen LogP contribution in [-0.4, -0.2) is 19.4 Å². The molecule has 0 N–H and O–H groups in total. The molecule has 0 unspecified atom stereocenters. The Labute approximate surface area is 141 Å². The molecule has 1 aliphatic rings. The molecule has 0 fully saturated rings. The maximum Gasteiger partial charge on any atom is 0.137 e. The molecule has 0 bridgehead atoms. The number of aryl methyl sites for hydroxylation is 2. The largest absolute Gasteiger partial charge is 0.307 e. The number of fused-ring (bicyclic) bond motifs is 4. The second-order valence-electron chi connectivity index (χ2n) is 5.70. The highest BCUT2D eigenvalue weighted by Crippen LogP contribution is 2.40. The first-order chi connectivity index (χ1) is 11.4. The quantitative estimate of drug-likeness (QED) is 0.416. The standard InChI is InChI=1S/C17H14N4S2/c1-2-7-21-8-11(20-14(21)6-1)9-22-16-15-12-4-3-5-13(12)23-17(15)19-10-18-16/h1-2,6-8,10H,3-5,9H2. The zero-order chi connectivity index (χ0) is 15.2. The van der Waals surface area contributed by atoms with Crippen molar-refractivity contribution in [1.29, 1.82) is 0 Å². The lowest BCUT2D eigenvalue weighted by molar-refractivity contribution is 0.915. The van der Waals surface area contributed by atoms with Gasteiger partial charge in [0.05, 0.1) is 5.69 Å². The van der Waals surface area contributed by atoms with Crippen molar-refractivity contribution in [2.24, 2.45) is 0 Å². The minimum Gasteiger partial charge on any atom is -0.307 e. The molecule has 1 aliphatic carbocycles. The Hall–Kier alpha value is -1.92. The van der Waals surface area contributed by atoms with Crippen LogP contribution in [0.1, 0.15) is 22.6 Å². The number of pyridine rings is 1. The van der Waals surface area contributed by atoms with Crippen LogP contribution in [0.2, 0.25) is 0 Å². The number of thioether (sulfide) groups is 1. The van der Waals surface area contributed by atoms with E-state index in [0.717, 1.165) is 27.0 Å². The minimum absolute atomic E-state index is 0.832. The molecule has 0 saturated heterocycles. The van der Waals surface area contributed by atoms with Crippen molar-refractivity contribution in [3.05, 3.63) is 53.1 Å². The maximum absolute atomic E-state index is 4.67. The van der Waals surface area contributed by atoms with Gasteiger partial charge in [-0.2, -0.15) is 0 Å². The van der Waals surface area contributed by atoms with Gasteiger partial charge < -0.3 is 4.40 Å². The molecule has 0 aliphatic heterocycles. The Balaban J connectivity index is 1.49. The fourth-order valence-corrected chi connectivity index (χ4v) is 5.41. The van der Waals surface area contributed by atoms with Gasteiger partial charge in [-0.1, -0.05) is 17.8 Å². The van der Waals surface area contributed by atoms with Gasteiger partial charge in [-0.25, -0.2) is 15.0 Å². The number of hydrogen-bond acceptors (Lipinski definition) is 5. The smallest absolute Gasteiger partial charge is 0.137 e. The lowest BCUT2D eigenvalue weighted by Crippen LogP contribution is -1.88. The van der Waals surface area contributed by atoms with Crippen LogP contribution in [0.3, 0.4) is 0 Å². The summed E-state index contributed by atoms with van der Waals surface area (Å²) in [6.07, 6.45) is 9.46. The molecule has 4 aromatic rings. The first kappa shape index (κ1) is 13.5. The van der Waals surface area contributed by atoms with Gasteiger partial charge in [0, 0.05) is 28.4 Å². The molecule has 0 radical (unpaired) electrons. The summed E-state index contributed by atoms with van der Waals surface area (Å²) in [5.74, 6) is 0.832. The normalized spacial score (nSPS) is 13.9. The van der Waals surface area contributed by atoms with Gasteiger partial charge in [0.15, 0.2) is 0 Å². The predicted molar refractivity (Wildman–Crippen MR) is 94.2 cm³/mol. The van der Waals surface area contributed by atoms with Gasteiger partial charge in [0.1, 0.15) is 21.8 Å². The van der Waals surface area contributed by atoms with Crippen LogP contribution in [0, 0.1) is 0 Å². The van der Waals surface area contributed by atoms with Gasteiger partial charge >= 0.3 is 0 Å². The summed E-state index contributed by atoms with van der Waals surface area (Å²) in [7, 11) is 0. The first-order valence-electron chi connectivity index (χ1n) is 7.69. The number of rotatable bonds is 3. The zero-order valence-corrected chi connectivity index (χ0v) is 14.0. The number of thiophene rings is 1. The second kappa shape index (κ2) is 5.32. The molecule has 0 aromatic carbocycles. The first-order valence-corrected chi connectivity index (χ1v) is 9.49. The van der Waals surface area contributed by atoms with Crippen LogP contribution in [-0.2, 0) is 18.6 Å². The van der Waals surface area contributed by atoms with Crippen molar-refractivity contribution in [2.45, 2.75) is 30.0 Å². The SMILES string of the molecule is c1ccn2cc(CSc3ncnc4sc5c(c34)CCC5)nc2c1. The van der Waals surface area contributed by atoms with Crippen LogP contribution in [0.5, 0.6) is 0 Å². The van der Waals surface area contributed by atoms with E-state index in [9.17, 15) is 0 Å². The molecule has 6 heteroatoms. The van der Waals surface area contributed by atoms with Crippen LogP contribution in [0.25, 0.3) is 15.9 Å². The van der Waals surface area contributed by atoms with E-state index in [2.05, 4.69) is 25.5 Å². The molecule has 0 spiro atoms. The number of imidazole rings is 1. The van der Waals surface area contributed by atoms with Crippen molar-refractivity contribution in [2.75, 3.05) is 0 Å². The van der Waals surface area contributed by atoms with Gasteiger partial charge in [-0.05, 0) is 37.0 Å². The van der Waals surface area contributed by atoms with Gasteiger partial charge in [-0.3, -0.25) is 0 Å². The third-order valence-electron chi connectivity index (χ3n) is 4.24. The van der Waals surface area contributed by atoms with Crippen LogP contribution >= 0.6 is 23.1 Å².